The van der Waals surface area contributed by atoms with Gasteiger partial charge in [0.25, 0.3) is 10.0 Å². The number of sulfonamides is 1. The normalized spacial score (nSPS) is 14.4. The highest BCUT2D eigenvalue weighted by Crippen LogP contribution is 2.29. The zero-order valence-corrected chi connectivity index (χ0v) is 27.5. The average Bonchev–Trinajstić information content (AvgIpc) is 3.48. The number of nitrogens with one attached hydrogen (secondary N) is 1. The third-order valence-corrected chi connectivity index (χ3v) is 10.7. The predicted molar refractivity (Wildman–Crippen MR) is 173 cm³/mol. The van der Waals surface area contributed by atoms with Gasteiger partial charge in [-0.2, -0.15) is 0 Å². The van der Waals surface area contributed by atoms with Crippen LogP contribution in [0.25, 0.3) is 0 Å². The number of hydrogen-bond donors (Lipinski definition) is 1. The summed E-state index contributed by atoms with van der Waals surface area (Å²) in [4.78, 5) is 29.3. The largest absolute Gasteiger partial charge is 0.352 e. The number of carbonyl (C=O) groups is 2. The molecule has 1 saturated carbocycles. The predicted octanol–water partition coefficient (Wildman–Crippen LogP) is 7.33. The molecule has 0 radical (unpaired) electrons. The molecule has 3 aromatic carbocycles. The van der Waals surface area contributed by atoms with E-state index in [-0.39, 0.29) is 23.4 Å². The molecule has 7 nitrogen and oxygen atoms in total. The molecule has 0 saturated heterocycles. The van der Waals surface area contributed by atoms with E-state index < -0.39 is 28.5 Å². The Hall–Kier alpha value is -2.78. The molecule has 2 amide bonds. The summed E-state index contributed by atoms with van der Waals surface area (Å²) in [5.41, 5.74) is 2.85. The molecule has 3 aromatic rings. The second-order valence-electron chi connectivity index (χ2n) is 10.9. The van der Waals surface area contributed by atoms with Gasteiger partial charge in [0.1, 0.15) is 12.6 Å². The summed E-state index contributed by atoms with van der Waals surface area (Å²) in [5.74, 6) is -0.795. The van der Waals surface area contributed by atoms with Gasteiger partial charge in [-0.05, 0) is 98.3 Å². The van der Waals surface area contributed by atoms with Crippen LogP contribution in [0.3, 0.4) is 0 Å². The second kappa shape index (κ2) is 14.3. The Morgan fingerprint density at radius 1 is 0.907 bits per heavy atom. The third-order valence-electron chi connectivity index (χ3n) is 7.88. The number of halogens is 3. The Morgan fingerprint density at radius 3 is 2.19 bits per heavy atom. The molecule has 0 heterocycles. The number of nitrogens with zero attached hydrogens (tertiary/aromatic N) is 2. The summed E-state index contributed by atoms with van der Waals surface area (Å²) in [7, 11) is -4.20. The van der Waals surface area contributed by atoms with Crippen LogP contribution >= 0.6 is 34.8 Å². The summed E-state index contributed by atoms with van der Waals surface area (Å²) in [5, 5.41) is 4.18. The van der Waals surface area contributed by atoms with E-state index in [1.807, 2.05) is 26.8 Å². The average molecular weight is 665 g/mol. The van der Waals surface area contributed by atoms with E-state index in [0.29, 0.717) is 32.7 Å². The van der Waals surface area contributed by atoms with Crippen molar-refractivity contribution in [3.8, 4) is 0 Å². The molecule has 1 aliphatic rings. The lowest BCUT2D eigenvalue weighted by molar-refractivity contribution is -0.140. The minimum absolute atomic E-state index is 0.00928. The smallest absolute Gasteiger partial charge is 0.264 e. The molecular weight excluding hydrogens is 629 g/mol. The van der Waals surface area contributed by atoms with Gasteiger partial charge in [-0.3, -0.25) is 13.9 Å². The highest BCUT2D eigenvalue weighted by atomic mass is 35.5. The number of anilines is 1. The van der Waals surface area contributed by atoms with Crippen molar-refractivity contribution in [2.24, 2.45) is 0 Å². The van der Waals surface area contributed by atoms with E-state index in [1.54, 1.807) is 30.3 Å². The summed E-state index contributed by atoms with van der Waals surface area (Å²) < 4.78 is 29.2. The highest BCUT2D eigenvalue weighted by Gasteiger charge is 2.34. The molecule has 1 N–H and O–H groups in total. The summed E-state index contributed by atoms with van der Waals surface area (Å²) in [6.45, 7) is 5.15. The van der Waals surface area contributed by atoms with Gasteiger partial charge >= 0.3 is 0 Å². The maximum absolute atomic E-state index is 14.3. The fraction of sp³-hybridized carbons (Fsp3) is 0.375. The lowest BCUT2D eigenvalue weighted by Gasteiger charge is -2.34. The maximum Gasteiger partial charge on any atom is 0.264 e. The van der Waals surface area contributed by atoms with Crippen molar-refractivity contribution in [1.29, 1.82) is 0 Å². The van der Waals surface area contributed by atoms with Gasteiger partial charge in [0.2, 0.25) is 11.8 Å². The first-order valence-electron chi connectivity index (χ1n) is 14.3. The van der Waals surface area contributed by atoms with Gasteiger partial charge in [-0.1, -0.05) is 66.7 Å². The number of benzene rings is 3. The maximum atomic E-state index is 14.3. The molecule has 1 atom stereocenters. The topological polar surface area (TPSA) is 86.8 Å². The second-order valence-corrected chi connectivity index (χ2v) is 14.0. The molecular formula is C32H36Cl3N3O4S. The van der Waals surface area contributed by atoms with Crippen LogP contribution in [-0.4, -0.2) is 43.8 Å². The van der Waals surface area contributed by atoms with Crippen LogP contribution in [0.2, 0.25) is 15.1 Å². The first-order valence-corrected chi connectivity index (χ1v) is 16.9. The molecule has 0 unspecified atom stereocenters. The van der Waals surface area contributed by atoms with Crippen LogP contribution in [0.15, 0.2) is 65.6 Å². The number of carbonyl (C=O) groups excluding carboxylic acids is 2. The molecule has 0 aromatic heterocycles. The van der Waals surface area contributed by atoms with Crippen molar-refractivity contribution >= 4 is 62.3 Å². The highest BCUT2D eigenvalue weighted by molar-refractivity contribution is 7.92. The van der Waals surface area contributed by atoms with Crippen LogP contribution in [0, 0.1) is 13.8 Å². The van der Waals surface area contributed by atoms with Gasteiger partial charge in [0, 0.05) is 17.6 Å². The molecule has 1 aliphatic carbocycles. The molecule has 1 fully saturated rings. The Labute approximate surface area is 269 Å². The first-order chi connectivity index (χ1) is 20.4. The van der Waals surface area contributed by atoms with Crippen molar-refractivity contribution in [1.82, 2.24) is 10.2 Å². The van der Waals surface area contributed by atoms with Crippen molar-refractivity contribution in [2.75, 3.05) is 10.8 Å². The van der Waals surface area contributed by atoms with Crippen molar-refractivity contribution in [3.63, 3.8) is 0 Å². The number of amides is 2. The molecule has 0 aliphatic heterocycles. The Kier molecular flexibility index (Phi) is 11.0. The molecule has 11 heteroatoms. The minimum Gasteiger partial charge on any atom is -0.352 e. The SMILES string of the molecule is CC[C@H](C(=O)NC1CCCC1)N(Cc1ccc(Cl)c(Cl)c1)C(=O)CN(c1ccc(C)c(C)c1)S(=O)(=O)c1ccc(Cl)cc1. The Morgan fingerprint density at radius 2 is 1.58 bits per heavy atom. The Balaban J connectivity index is 1.74. The van der Waals surface area contributed by atoms with Gasteiger partial charge in [-0.15, -0.1) is 0 Å². The van der Waals surface area contributed by atoms with Crippen LogP contribution in [0.5, 0.6) is 0 Å². The number of rotatable bonds is 11. The summed E-state index contributed by atoms with van der Waals surface area (Å²) in [6, 6.07) is 15.3. The van der Waals surface area contributed by atoms with Crippen LogP contribution < -0.4 is 9.62 Å². The van der Waals surface area contributed by atoms with Gasteiger partial charge in [-0.25, -0.2) is 8.42 Å². The monoisotopic (exact) mass is 663 g/mol. The van der Waals surface area contributed by atoms with Gasteiger partial charge in [0.05, 0.1) is 20.6 Å². The van der Waals surface area contributed by atoms with E-state index in [9.17, 15) is 18.0 Å². The van der Waals surface area contributed by atoms with Crippen LogP contribution in [-0.2, 0) is 26.2 Å². The first kappa shape index (κ1) is 33.1. The summed E-state index contributed by atoms with van der Waals surface area (Å²) >= 11 is 18.5. The van der Waals surface area contributed by atoms with Crippen molar-refractivity contribution < 1.29 is 18.0 Å². The van der Waals surface area contributed by atoms with E-state index in [0.717, 1.165) is 41.1 Å². The van der Waals surface area contributed by atoms with E-state index in [4.69, 9.17) is 34.8 Å². The van der Waals surface area contributed by atoms with Gasteiger partial charge in [0.15, 0.2) is 0 Å². The van der Waals surface area contributed by atoms with E-state index in [1.165, 1.54) is 29.2 Å². The Bertz CT molecular complexity index is 1580. The van der Waals surface area contributed by atoms with Crippen LogP contribution in [0.1, 0.15) is 55.7 Å². The lowest BCUT2D eigenvalue weighted by Crippen LogP contribution is -2.53. The molecule has 4 rings (SSSR count). The molecule has 230 valence electrons. The zero-order valence-electron chi connectivity index (χ0n) is 24.4. The number of hydrogen-bond acceptors (Lipinski definition) is 4. The third kappa shape index (κ3) is 8.04. The number of aryl methyl sites for hydroxylation is 2. The standard InChI is InChI=1S/C32H36Cl3N3O4S/c1-4-30(32(40)36-25-7-5-6-8-25)37(19-23-10-16-28(34)29(35)18-23)31(39)20-38(26-13-9-21(2)22(3)17-26)43(41,42)27-14-11-24(33)12-15-27/h9-18,25,30H,4-8,19-20H2,1-3H3,(H,36,40)/t30-/m1/s1. The van der Waals surface area contributed by atoms with Crippen molar-refractivity contribution in [2.45, 2.75) is 76.4 Å². The van der Waals surface area contributed by atoms with E-state index in [2.05, 4.69) is 5.32 Å². The van der Waals surface area contributed by atoms with E-state index >= 15 is 0 Å². The zero-order chi connectivity index (χ0) is 31.3. The fourth-order valence-electron chi connectivity index (χ4n) is 5.26. The molecule has 43 heavy (non-hydrogen) atoms. The lowest BCUT2D eigenvalue weighted by atomic mass is 10.1. The fourth-order valence-corrected chi connectivity index (χ4v) is 7.12. The van der Waals surface area contributed by atoms with Gasteiger partial charge < -0.3 is 10.2 Å². The molecule has 0 spiro atoms. The van der Waals surface area contributed by atoms with Crippen molar-refractivity contribution in [3.05, 3.63) is 92.4 Å². The quantitative estimate of drug-likeness (QED) is 0.233. The van der Waals surface area contributed by atoms with Crippen LogP contribution in [0.4, 0.5) is 5.69 Å². The summed E-state index contributed by atoms with van der Waals surface area (Å²) in [6.07, 6.45) is 4.20. The minimum atomic E-state index is -4.20. The molecule has 0 bridgehead atoms.